The van der Waals surface area contributed by atoms with E-state index >= 15 is 0 Å². The number of carbonyl (C=O) groups is 1. The van der Waals surface area contributed by atoms with Crippen LogP contribution in [0.4, 0.5) is 0 Å². The van der Waals surface area contributed by atoms with Crippen LogP contribution in [-0.2, 0) is 9.53 Å². The lowest BCUT2D eigenvalue weighted by Gasteiger charge is -2.11. The minimum atomic E-state index is 0.0142. The minimum Gasteiger partial charge on any atom is -0.502 e. The molecule has 4 nitrogen and oxygen atoms in total. The normalized spacial score (nSPS) is 11.9. The SMILES string of the molecule is C=COCCCNC(=O)C(C)CNC. The van der Waals surface area contributed by atoms with Crippen LogP contribution in [0.5, 0.6) is 0 Å². The van der Waals surface area contributed by atoms with Gasteiger partial charge < -0.3 is 15.4 Å². The standard InChI is InChI=1S/C10H20N2O2/c1-4-14-7-5-6-12-10(13)9(2)8-11-3/h4,9,11H,1,5-8H2,2-3H3,(H,12,13). The molecule has 0 aliphatic carbocycles. The summed E-state index contributed by atoms with van der Waals surface area (Å²) in [5.74, 6) is 0.0956. The van der Waals surface area contributed by atoms with Gasteiger partial charge in [-0.25, -0.2) is 0 Å². The third kappa shape index (κ3) is 6.48. The second-order valence-electron chi connectivity index (χ2n) is 3.14. The molecule has 0 rings (SSSR count). The van der Waals surface area contributed by atoms with Crippen molar-refractivity contribution in [2.24, 2.45) is 5.92 Å². The third-order valence-corrected chi connectivity index (χ3v) is 1.81. The Morgan fingerprint density at radius 3 is 2.93 bits per heavy atom. The molecule has 82 valence electrons. The fourth-order valence-corrected chi connectivity index (χ4v) is 1.02. The van der Waals surface area contributed by atoms with E-state index in [1.165, 1.54) is 6.26 Å². The van der Waals surface area contributed by atoms with E-state index in [1.807, 2.05) is 14.0 Å². The van der Waals surface area contributed by atoms with Crippen molar-refractivity contribution in [2.45, 2.75) is 13.3 Å². The molecule has 0 heterocycles. The molecule has 0 spiro atoms. The largest absolute Gasteiger partial charge is 0.502 e. The topological polar surface area (TPSA) is 50.4 Å². The number of hydrogen-bond donors (Lipinski definition) is 2. The van der Waals surface area contributed by atoms with E-state index in [0.717, 1.165) is 6.42 Å². The van der Waals surface area contributed by atoms with Crippen LogP contribution in [0.1, 0.15) is 13.3 Å². The van der Waals surface area contributed by atoms with Crippen LogP contribution in [-0.4, -0.2) is 32.7 Å². The first-order chi connectivity index (χ1) is 6.72. The summed E-state index contributed by atoms with van der Waals surface area (Å²) in [6, 6.07) is 0. The van der Waals surface area contributed by atoms with Crippen molar-refractivity contribution in [1.82, 2.24) is 10.6 Å². The summed E-state index contributed by atoms with van der Waals surface area (Å²) in [6.07, 6.45) is 2.22. The van der Waals surface area contributed by atoms with Crippen LogP contribution in [0.3, 0.4) is 0 Å². The molecule has 0 saturated carbocycles. The Morgan fingerprint density at radius 1 is 1.64 bits per heavy atom. The predicted molar refractivity (Wildman–Crippen MR) is 56.9 cm³/mol. The van der Waals surface area contributed by atoms with E-state index in [9.17, 15) is 4.79 Å². The molecule has 0 aromatic rings. The molecule has 2 N–H and O–H groups in total. The first-order valence-corrected chi connectivity index (χ1v) is 4.87. The first kappa shape index (κ1) is 13.0. The van der Waals surface area contributed by atoms with Gasteiger partial charge in [-0.1, -0.05) is 13.5 Å². The maximum atomic E-state index is 11.4. The van der Waals surface area contributed by atoms with E-state index in [0.29, 0.717) is 19.7 Å². The minimum absolute atomic E-state index is 0.0142. The second-order valence-corrected chi connectivity index (χ2v) is 3.14. The Labute approximate surface area is 85.7 Å². The number of rotatable bonds is 8. The van der Waals surface area contributed by atoms with Gasteiger partial charge >= 0.3 is 0 Å². The zero-order chi connectivity index (χ0) is 10.8. The van der Waals surface area contributed by atoms with Gasteiger partial charge in [0, 0.05) is 19.0 Å². The van der Waals surface area contributed by atoms with Gasteiger partial charge in [-0.15, -0.1) is 0 Å². The van der Waals surface area contributed by atoms with Crippen LogP contribution in [0, 0.1) is 5.92 Å². The van der Waals surface area contributed by atoms with Crippen molar-refractivity contribution in [3.05, 3.63) is 12.8 Å². The highest BCUT2D eigenvalue weighted by molar-refractivity contribution is 5.78. The Morgan fingerprint density at radius 2 is 2.36 bits per heavy atom. The third-order valence-electron chi connectivity index (χ3n) is 1.81. The van der Waals surface area contributed by atoms with Gasteiger partial charge in [0.05, 0.1) is 12.9 Å². The fraction of sp³-hybridized carbons (Fsp3) is 0.700. The summed E-state index contributed by atoms with van der Waals surface area (Å²) in [6.45, 7) is 7.28. The lowest BCUT2D eigenvalue weighted by atomic mass is 10.1. The van der Waals surface area contributed by atoms with Crippen LogP contribution in [0.2, 0.25) is 0 Å². The van der Waals surface area contributed by atoms with Crippen molar-refractivity contribution in [3.63, 3.8) is 0 Å². The zero-order valence-corrected chi connectivity index (χ0v) is 9.01. The van der Waals surface area contributed by atoms with E-state index in [1.54, 1.807) is 0 Å². The monoisotopic (exact) mass is 200 g/mol. The van der Waals surface area contributed by atoms with Gasteiger partial charge in [0.15, 0.2) is 0 Å². The van der Waals surface area contributed by atoms with Crippen LogP contribution >= 0.6 is 0 Å². The lowest BCUT2D eigenvalue weighted by molar-refractivity contribution is -0.124. The predicted octanol–water partition coefficient (Wildman–Crippen LogP) is 0.508. The Kier molecular flexibility index (Phi) is 7.93. The quantitative estimate of drug-likeness (QED) is 0.443. The molecule has 0 saturated heterocycles. The van der Waals surface area contributed by atoms with Crippen molar-refractivity contribution in [3.8, 4) is 0 Å². The highest BCUT2D eigenvalue weighted by Gasteiger charge is 2.09. The highest BCUT2D eigenvalue weighted by atomic mass is 16.5. The van der Waals surface area contributed by atoms with Crippen molar-refractivity contribution < 1.29 is 9.53 Å². The average Bonchev–Trinajstić information content (AvgIpc) is 2.17. The van der Waals surface area contributed by atoms with Crippen molar-refractivity contribution >= 4 is 5.91 Å². The van der Waals surface area contributed by atoms with Gasteiger partial charge in [0.25, 0.3) is 0 Å². The summed E-state index contributed by atoms with van der Waals surface area (Å²) in [5, 5.41) is 5.79. The molecule has 0 aliphatic heterocycles. The summed E-state index contributed by atoms with van der Waals surface area (Å²) in [7, 11) is 1.84. The van der Waals surface area contributed by atoms with Crippen LogP contribution in [0.25, 0.3) is 0 Å². The Hall–Kier alpha value is -1.03. The van der Waals surface area contributed by atoms with E-state index in [4.69, 9.17) is 4.74 Å². The smallest absolute Gasteiger partial charge is 0.224 e. The molecule has 0 fully saturated rings. The molecule has 0 aromatic carbocycles. The number of nitrogens with one attached hydrogen (secondary N) is 2. The van der Waals surface area contributed by atoms with Gasteiger partial charge in [-0.3, -0.25) is 4.79 Å². The first-order valence-electron chi connectivity index (χ1n) is 4.87. The summed E-state index contributed by atoms with van der Waals surface area (Å²) < 4.78 is 4.92. The second kappa shape index (κ2) is 8.56. The van der Waals surface area contributed by atoms with Crippen molar-refractivity contribution in [1.29, 1.82) is 0 Å². The molecule has 1 atom stereocenters. The van der Waals surface area contributed by atoms with Crippen LogP contribution < -0.4 is 10.6 Å². The van der Waals surface area contributed by atoms with Crippen molar-refractivity contribution in [2.75, 3.05) is 26.7 Å². The molecule has 1 unspecified atom stereocenters. The maximum absolute atomic E-state index is 11.4. The number of ether oxygens (including phenoxy) is 1. The summed E-state index contributed by atoms with van der Waals surface area (Å²) in [4.78, 5) is 11.4. The number of amides is 1. The summed E-state index contributed by atoms with van der Waals surface area (Å²) in [5.41, 5.74) is 0. The van der Waals surface area contributed by atoms with E-state index in [-0.39, 0.29) is 11.8 Å². The van der Waals surface area contributed by atoms with Crippen LogP contribution in [0.15, 0.2) is 12.8 Å². The molecule has 0 bridgehead atoms. The van der Waals surface area contributed by atoms with Gasteiger partial charge in [-0.05, 0) is 13.5 Å². The van der Waals surface area contributed by atoms with E-state index < -0.39 is 0 Å². The maximum Gasteiger partial charge on any atom is 0.224 e. The molecule has 0 radical (unpaired) electrons. The zero-order valence-electron chi connectivity index (χ0n) is 9.01. The average molecular weight is 200 g/mol. The fourth-order valence-electron chi connectivity index (χ4n) is 1.02. The Balaban J connectivity index is 3.38. The van der Waals surface area contributed by atoms with E-state index in [2.05, 4.69) is 17.2 Å². The lowest BCUT2D eigenvalue weighted by Crippen LogP contribution is -2.35. The molecular weight excluding hydrogens is 180 g/mol. The number of hydrogen-bond acceptors (Lipinski definition) is 3. The number of carbonyl (C=O) groups excluding carboxylic acids is 1. The molecule has 0 aliphatic rings. The molecular formula is C10H20N2O2. The summed E-state index contributed by atoms with van der Waals surface area (Å²) >= 11 is 0. The van der Waals surface area contributed by atoms with Gasteiger partial charge in [0.2, 0.25) is 5.91 Å². The van der Waals surface area contributed by atoms with Gasteiger partial charge in [-0.2, -0.15) is 0 Å². The Bertz CT molecular complexity index is 172. The molecule has 4 heteroatoms. The van der Waals surface area contributed by atoms with Gasteiger partial charge in [0.1, 0.15) is 0 Å². The molecule has 0 aromatic heterocycles. The molecule has 14 heavy (non-hydrogen) atoms. The highest BCUT2D eigenvalue weighted by Crippen LogP contribution is 1.91. The molecule has 1 amide bonds.